The molecule has 1 aromatic rings. The van der Waals surface area contributed by atoms with Crippen LogP contribution in [0.15, 0.2) is 23.3 Å². The summed E-state index contributed by atoms with van der Waals surface area (Å²) in [6, 6.07) is 5.95. The van der Waals surface area contributed by atoms with Crippen LogP contribution in [0.25, 0.3) is 10.4 Å². The van der Waals surface area contributed by atoms with Gasteiger partial charge < -0.3 is 4.90 Å². The van der Waals surface area contributed by atoms with Gasteiger partial charge in [-0.25, -0.2) is 0 Å². The Morgan fingerprint density at radius 2 is 2.39 bits per heavy atom. The zero-order valence-corrected chi connectivity index (χ0v) is 12.2. The van der Waals surface area contributed by atoms with E-state index < -0.39 is 0 Å². The van der Waals surface area contributed by atoms with E-state index in [1.807, 2.05) is 25.1 Å². The van der Waals surface area contributed by atoms with Crippen LogP contribution in [0.4, 0.5) is 5.69 Å². The summed E-state index contributed by atoms with van der Waals surface area (Å²) in [5, 5.41) is 3.56. The standard InChI is InChI=1S/C12H13IN4O/c1-8-10(13)3-2-4-11(8)17-7-9(5-12(17)18)6-15-16-14/h2-4,9H,5-7H2,1H3. The molecule has 0 saturated carbocycles. The summed E-state index contributed by atoms with van der Waals surface area (Å²) in [5.74, 6) is 0.240. The number of hydrogen-bond acceptors (Lipinski definition) is 2. The topological polar surface area (TPSA) is 69.1 Å². The highest BCUT2D eigenvalue weighted by Crippen LogP contribution is 2.30. The largest absolute Gasteiger partial charge is 0.312 e. The van der Waals surface area contributed by atoms with Crippen LogP contribution < -0.4 is 4.90 Å². The molecule has 0 bridgehead atoms. The molecule has 1 unspecified atom stereocenters. The molecule has 1 fully saturated rings. The minimum atomic E-state index is 0.109. The van der Waals surface area contributed by atoms with Crippen molar-refractivity contribution in [2.45, 2.75) is 13.3 Å². The molecule has 0 aliphatic carbocycles. The van der Waals surface area contributed by atoms with Crippen LogP contribution in [0.2, 0.25) is 0 Å². The number of carbonyl (C=O) groups excluding carboxylic acids is 1. The van der Waals surface area contributed by atoms with Crippen LogP contribution in [0.3, 0.4) is 0 Å². The second-order valence-corrected chi connectivity index (χ2v) is 5.53. The van der Waals surface area contributed by atoms with E-state index in [2.05, 4.69) is 32.6 Å². The Kier molecular flexibility index (Phi) is 4.08. The fourth-order valence-electron chi connectivity index (χ4n) is 2.18. The molecule has 18 heavy (non-hydrogen) atoms. The van der Waals surface area contributed by atoms with Crippen molar-refractivity contribution in [3.8, 4) is 0 Å². The molecule has 1 aromatic carbocycles. The van der Waals surface area contributed by atoms with Crippen molar-refractivity contribution in [1.29, 1.82) is 0 Å². The molecule has 1 aliphatic rings. The minimum absolute atomic E-state index is 0.109. The van der Waals surface area contributed by atoms with Crippen molar-refractivity contribution >= 4 is 34.2 Å². The van der Waals surface area contributed by atoms with Gasteiger partial charge in [-0.2, -0.15) is 0 Å². The third-order valence-corrected chi connectivity index (χ3v) is 4.31. The fourth-order valence-corrected chi connectivity index (χ4v) is 2.66. The average Bonchev–Trinajstić information content (AvgIpc) is 2.71. The minimum Gasteiger partial charge on any atom is -0.312 e. The van der Waals surface area contributed by atoms with E-state index in [1.165, 1.54) is 0 Å². The molecule has 0 spiro atoms. The van der Waals surface area contributed by atoms with Crippen LogP contribution >= 0.6 is 22.6 Å². The second-order valence-electron chi connectivity index (χ2n) is 4.37. The Hall–Kier alpha value is -1.27. The highest BCUT2D eigenvalue weighted by molar-refractivity contribution is 14.1. The molecule has 1 saturated heterocycles. The van der Waals surface area contributed by atoms with Crippen molar-refractivity contribution in [3.63, 3.8) is 0 Å². The lowest BCUT2D eigenvalue weighted by Crippen LogP contribution is -2.25. The quantitative estimate of drug-likeness (QED) is 0.355. The van der Waals surface area contributed by atoms with Crippen LogP contribution in [0, 0.1) is 16.4 Å². The van der Waals surface area contributed by atoms with Gasteiger partial charge in [0.1, 0.15) is 0 Å². The number of benzene rings is 1. The van der Waals surface area contributed by atoms with Gasteiger partial charge in [0.2, 0.25) is 5.91 Å². The van der Waals surface area contributed by atoms with Crippen molar-refractivity contribution in [2.24, 2.45) is 11.0 Å². The highest BCUT2D eigenvalue weighted by Gasteiger charge is 2.30. The molecule has 0 aromatic heterocycles. The molecule has 2 rings (SSSR count). The van der Waals surface area contributed by atoms with Crippen LogP contribution in [-0.4, -0.2) is 19.0 Å². The second kappa shape index (κ2) is 5.58. The molecule has 6 heteroatoms. The Balaban J connectivity index is 2.21. The first-order chi connectivity index (χ1) is 8.63. The summed E-state index contributed by atoms with van der Waals surface area (Å²) in [4.78, 5) is 16.5. The fraction of sp³-hybridized carbons (Fsp3) is 0.417. The number of hydrogen-bond donors (Lipinski definition) is 0. The predicted octanol–water partition coefficient (Wildman–Crippen LogP) is 3.26. The zero-order chi connectivity index (χ0) is 13.1. The van der Waals surface area contributed by atoms with Crippen LogP contribution in [-0.2, 0) is 4.79 Å². The van der Waals surface area contributed by atoms with Gasteiger partial charge in [-0.1, -0.05) is 11.2 Å². The first kappa shape index (κ1) is 13.2. The number of rotatable bonds is 3. The highest BCUT2D eigenvalue weighted by atomic mass is 127. The normalized spacial score (nSPS) is 18.9. The average molecular weight is 356 g/mol. The Morgan fingerprint density at radius 3 is 3.11 bits per heavy atom. The third kappa shape index (κ3) is 2.59. The first-order valence-electron chi connectivity index (χ1n) is 5.70. The summed E-state index contributed by atoms with van der Waals surface area (Å²) < 4.78 is 1.15. The number of azide groups is 1. The van der Waals surface area contributed by atoms with E-state index in [9.17, 15) is 4.79 Å². The van der Waals surface area contributed by atoms with E-state index in [-0.39, 0.29) is 11.8 Å². The molecule has 0 N–H and O–H groups in total. The van der Waals surface area contributed by atoms with Gasteiger partial charge in [-0.15, -0.1) is 0 Å². The number of halogens is 1. The van der Waals surface area contributed by atoms with E-state index in [0.717, 1.165) is 14.8 Å². The molecule has 94 valence electrons. The van der Waals surface area contributed by atoms with Gasteiger partial charge in [0.25, 0.3) is 0 Å². The van der Waals surface area contributed by atoms with Gasteiger partial charge in [-0.3, -0.25) is 4.79 Å². The smallest absolute Gasteiger partial charge is 0.227 e. The van der Waals surface area contributed by atoms with Gasteiger partial charge in [0.15, 0.2) is 0 Å². The van der Waals surface area contributed by atoms with Gasteiger partial charge >= 0.3 is 0 Å². The molecule has 1 aliphatic heterocycles. The molecule has 1 amide bonds. The van der Waals surface area contributed by atoms with Gasteiger partial charge in [-0.05, 0) is 58.7 Å². The number of amides is 1. The predicted molar refractivity (Wildman–Crippen MR) is 78.4 cm³/mol. The van der Waals surface area contributed by atoms with E-state index in [0.29, 0.717) is 19.5 Å². The molecular weight excluding hydrogens is 343 g/mol. The number of carbonyl (C=O) groups is 1. The summed E-state index contributed by atoms with van der Waals surface area (Å²) in [6.07, 6.45) is 0.462. The SMILES string of the molecule is Cc1c(I)cccc1N1CC(CN=[N+]=[N-])CC1=O. The van der Waals surface area contributed by atoms with Crippen LogP contribution in [0.5, 0.6) is 0 Å². The molecule has 1 heterocycles. The van der Waals surface area contributed by atoms with Gasteiger partial charge in [0.05, 0.1) is 0 Å². The van der Waals surface area contributed by atoms with Crippen molar-refractivity contribution in [1.82, 2.24) is 0 Å². The maximum atomic E-state index is 12.0. The van der Waals surface area contributed by atoms with E-state index in [4.69, 9.17) is 5.53 Å². The molecule has 1 atom stereocenters. The third-order valence-electron chi connectivity index (χ3n) is 3.14. The van der Waals surface area contributed by atoms with Crippen molar-refractivity contribution < 1.29 is 4.79 Å². The summed E-state index contributed by atoms with van der Waals surface area (Å²) in [5.41, 5.74) is 10.4. The Labute approximate surface area is 119 Å². The lowest BCUT2D eigenvalue weighted by Gasteiger charge is -2.19. The molecule has 0 radical (unpaired) electrons. The summed E-state index contributed by atoms with van der Waals surface area (Å²) in [6.45, 7) is 3.05. The lowest BCUT2D eigenvalue weighted by molar-refractivity contribution is -0.117. The van der Waals surface area contributed by atoms with E-state index >= 15 is 0 Å². The maximum Gasteiger partial charge on any atom is 0.227 e. The van der Waals surface area contributed by atoms with Gasteiger partial charge in [0, 0.05) is 33.7 Å². The van der Waals surface area contributed by atoms with E-state index in [1.54, 1.807) is 4.90 Å². The van der Waals surface area contributed by atoms with Crippen LogP contribution in [0.1, 0.15) is 12.0 Å². The number of anilines is 1. The van der Waals surface area contributed by atoms with Crippen molar-refractivity contribution in [2.75, 3.05) is 18.0 Å². The monoisotopic (exact) mass is 356 g/mol. The molecular formula is C12H13IN4O. The Morgan fingerprint density at radius 1 is 1.61 bits per heavy atom. The first-order valence-corrected chi connectivity index (χ1v) is 6.77. The van der Waals surface area contributed by atoms with Crippen molar-refractivity contribution in [3.05, 3.63) is 37.8 Å². The molecule has 5 nitrogen and oxygen atoms in total. The number of nitrogens with zero attached hydrogens (tertiary/aromatic N) is 4. The zero-order valence-electron chi connectivity index (χ0n) is 10.0. The maximum absolute atomic E-state index is 12.0. The Bertz CT molecular complexity index is 525. The summed E-state index contributed by atoms with van der Waals surface area (Å²) in [7, 11) is 0. The summed E-state index contributed by atoms with van der Waals surface area (Å²) >= 11 is 2.27. The lowest BCUT2D eigenvalue weighted by atomic mass is 10.1.